The summed E-state index contributed by atoms with van der Waals surface area (Å²) in [6.45, 7) is 3.61. The van der Waals surface area contributed by atoms with Crippen LogP contribution in [-0.2, 0) is 9.53 Å². The number of hydrogen-bond donors (Lipinski definition) is 1. The zero-order chi connectivity index (χ0) is 20.5. The summed E-state index contributed by atoms with van der Waals surface area (Å²) in [5.41, 5.74) is 3.17. The highest BCUT2D eigenvalue weighted by molar-refractivity contribution is 5.90. The molecule has 0 saturated carbocycles. The molecule has 1 aromatic heterocycles. The number of hydrogen-bond acceptors (Lipinski definition) is 4. The van der Waals surface area contributed by atoms with E-state index in [1.54, 1.807) is 6.20 Å². The van der Waals surface area contributed by atoms with Crippen molar-refractivity contribution < 1.29 is 14.3 Å². The zero-order valence-corrected chi connectivity index (χ0v) is 16.9. The number of ether oxygens (including phenoxy) is 1. The van der Waals surface area contributed by atoms with Crippen molar-refractivity contribution in [1.82, 2.24) is 14.8 Å². The largest absolute Gasteiger partial charge is 0.368 e. The lowest BCUT2D eigenvalue weighted by Gasteiger charge is -2.40. The van der Waals surface area contributed by atoms with Gasteiger partial charge in [0.1, 0.15) is 6.10 Å². The minimum Gasteiger partial charge on any atom is -0.368 e. The number of anilines is 1. The van der Waals surface area contributed by atoms with E-state index >= 15 is 0 Å². The van der Waals surface area contributed by atoms with Crippen LogP contribution < -0.4 is 5.32 Å². The van der Waals surface area contributed by atoms with Crippen molar-refractivity contribution in [3.05, 3.63) is 59.9 Å². The van der Waals surface area contributed by atoms with Crippen LogP contribution in [0.1, 0.15) is 35.8 Å². The predicted octanol–water partition coefficient (Wildman–Crippen LogP) is 2.82. The first-order valence-corrected chi connectivity index (χ1v) is 10.6. The highest BCUT2D eigenvalue weighted by Crippen LogP contribution is 2.30. The van der Waals surface area contributed by atoms with Gasteiger partial charge in [0.25, 0.3) is 5.91 Å². The van der Waals surface area contributed by atoms with Gasteiger partial charge in [0, 0.05) is 62.7 Å². The Morgan fingerprint density at radius 2 is 1.70 bits per heavy atom. The van der Waals surface area contributed by atoms with E-state index in [1.807, 2.05) is 46.3 Å². The van der Waals surface area contributed by atoms with Gasteiger partial charge in [0.05, 0.1) is 0 Å². The molecule has 1 aromatic carbocycles. The molecule has 2 aromatic rings. The Bertz CT molecular complexity index is 900. The van der Waals surface area contributed by atoms with Crippen LogP contribution in [0, 0.1) is 0 Å². The Hall–Kier alpha value is -2.93. The number of aromatic nitrogens is 1. The van der Waals surface area contributed by atoms with Gasteiger partial charge >= 0.3 is 6.03 Å². The van der Waals surface area contributed by atoms with E-state index in [0.29, 0.717) is 31.5 Å². The molecule has 0 radical (unpaired) electrons. The number of carbonyl (C=O) groups is 2. The van der Waals surface area contributed by atoms with E-state index in [1.165, 1.54) is 11.1 Å². The van der Waals surface area contributed by atoms with Gasteiger partial charge in [-0.2, -0.15) is 0 Å². The second-order valence-electron chi connectivity index (χ2n) is 8.38. The maximum absolute atomic E-state index is 12.4. The first-order chi connectivity index (χ1) is 14.7. The van der Waals surface area contributed by atoms with E-state index in [-0.39, 0.29) is 18.0 Å². The maximum Gasteiger partial charge on any atom is 0.321 e. The van der Waals surface area contributed by atoms with E-state index in [2.05, 4.69) is 16.4 Å². The summed E-state index contributed by atoms with van der Waals surface area (Å²) in [4.78, 5) is 32.6. The highest BCUT2D eigenvalue weighted by atomic mass is 16.5. The van der Waals surface area contributed by atoms with Gasteiger partial charge in [-0.1, -0.05) is 18.2 Å². The lowest BCUT2D eigenvalue weighted by Crippen LogP contribution is -2.52. The van der Waals surface area contributed by atoms with Crippen LogP contribution in [0.3, 0.4) is 0 Å². The van der Waals surface area contributed by atoms with Gasteiger partial charge in [-0.05, 0) is 42.2 Å². The quantitative estimate of drug-likeness (QED) is 0.847. The molecule has 4 heterocycles. The van der Waals surface area contributed by atoms with Crippen LogP contribution in [-0.4, -0.2) is 65.6 Å². The molecule has 1 atom stereocenters. The Morgan fingerprint density at radius 1 is 0.967 bits per heavy atom. The second kappa shape index (κ2) is 8.07. The molecule has 0 unspecified atom stereocenters. The van der Waals surface area contributed by atoms with Crippen molar-refractivity contribution in [1.29, 1.82) is 0 Å². The van der Waals surface area contributed by atoms with Crippen LogP contribution >= 0.6 is 0 Å². The molecule has 3 amide bonds. The standard InChI is InChI=1S/C23H26N4O3/c28-22(21-4-2-10-30-21)26-12-18(13-26)16-5-7-20(8-6-16)25-23(29)27-14-19(15-27)17-3-1-9-24-11-17/h1,3,5-9,11,18-19,21H,2,4,10,12-15H2,(H,25,29)/t21-/m0/s1. The van der Waals surface area contributed by atoms with E-state index in [9.17, 15) is 9.59 Å². The lowest BCUT2D eigenvalue weighted by atomic mass is 9.90. The average Bonchev–Trinajstić information content (AvgIpc) is 3.23. The van der Waals surface area contributed by atoms with Crippen molar-refractivity contribution in [2.75, 3.05) is 38.1 Å². The summed E-state index contributed by atoms with van der Waals surface area (Å²) in [5.74, 6) is 0.855. The van der Waals surface area contributed by atoms with E-state index in [0.717, 1.165) is 31.6 Å². The fourth-order valence-electron chi connectivity index (χ4n) is 4.36. The van der Waals surface area contributed by atoms with Gasteiger partial charge in [0.15, 0.2) is 0 Å². The first kappa shape index (κ1) is 19.1. The molecular formula is C23H26N4O3. The number of amides is 3. The van der Waals surface area contributed by atoms with E-state index in [4.69, 9.17) is 4.74 Å². The third-order valence-corrected chi connectivity index (χ3v) is 6.36. The average molecular weight is 406 g/mol. The number of likely N-dealkylation sites (tertiary alicyclic amines) is 2. The third kappa shape index (κ3) is 3.77. The predicted molar refractivity (Wildman–Crippen MR) is 112 cm³/mol. The SMILES string of the molecule is O=C(Nc1ccc(C2CN(C(=O)[C@@H]3CCCO3)C2)cc1)N1CC(c2cccnc2)C1. The molecule has 156 valence electrons. The number of nitrogens with one attached hydrogen (secondary N) is 1. The van der Waals surface area contributed by atoms with Crippen LogP contribution in [0.25, 0.3) is 0 Å². The molecule has 3 fully saturated rings. The van der Waals surface area contributed by atoms with Crippen molar-refractivity contribution >= 4 is 17.6 Å². The summed E-state index contributed by atoms with van der Waals surface area (Å²) in [5, 5.41) is 2.97. The fraction of sp³-hybridized carbons (Fsp3) is 0.435. The highest BCUT2D eigenvalue weighted by Gasteiger charge is 2.37. The number of rotatable bonds is 4. The second-order valence-corrected chi connectivity index (χ2v) is 8.38. The maximum atomic E-state index is 12.4. The number of nitrogens with zero attached hydrogens (tertiary/aromatic N) is 3. The Labute approximate surface area is 176 Å². The third-order valence-electron chi connectivity index (χ3n) is 6.36. The summed E-state index contributed by atoms with van der Waals surface area (Å²) in [6, 6.07) is 11.9. The molecule has 3 aliphatic heterocycles. The first-order valence-electron chi connectivity index (χ1n) is 10.6. The number of urea groups is 1. The van der Waals surface area contributed by atoms with Crippen LogP contribution in [0.5, 0.6) is 0 Å². The Morgan fingerprint density at radius 3 is 2.37 bits per heavy atom. The lowest BCUT2D eigenvalue weighted by molar-refractivity contribution is -0.145. The summed E-state index contributed by atoms with van der Waals surface area (Å²) in [7, 11) is 0. The smallest absolute Gasteiger partial charge is 0.321 e. The molecule has 7 heteroatoms. The monoisotopic (exact) mass is 406 g/mol. The topological polar surface area (TPSA) is 74.8 Å². The van der Waals surface area contributed by atoms with Crippen molar-refractivity contribution in [2.45, 2.75) is 30.8 Å². The van der Waals surface area contributed by atoms with E-state index < -0.39 is 0 Å². The summed E-state index contributed by atoms with van der Waals surface area (Å²) in [6.07, 6.45) is 5.22. The molecule has 30 heavy (non-hydrogen) atoms. The number of benzene rings is 1. The van der Waals surface area contributed by atoms with Crippen molar-refractivity contribution in [3.8, 4) is 0 Å². The minimum absolute atomic E-state index is 0.0696. The zero-order valence-electron chi connectivity index (χ0n) is 16.9. The van der Waals surface area contributed by atoms with Crippen LogP contribution in [0.15, 0.2) is 48.8 Å². The molecule has 0 bridgehead atoms. The van der Waals surface area contributed by atoms with Gasteiger partial charge in [-0.15, -0.1) is 0 Å². The molecular weight excluding hydrogens is 380 g/mol. The molecule has 3 saturated heterocycles. The molecule has 1 N–H and O–H groups in total. The normalized spacial score (nSPS) is 21.8. The van der Waals surface area contributed by atoms with Crippen LogP contribution in [0.4, 0.5) is 10.5 Å². The molecule has 3 aliphatic rings. The van der Waals surface area contributed by atoms with Crippen LogP contribution in [0.2, 0.25) is 0 Å². The van der Waals surface area contributed by atoms with Gasteiger partial charge < -0.3 is 19.9 Å². The molecule has 0 aliphatic carbocycles. The molecule has 0 spiro atoms. The van der Waals surface area contributed by atoms with Crippen molar-refractivity contribution in [2.24, 2.45) is 0 Å². The summed E-state index contributed by atoms with van der Waals surface area (Å²) >= 11 is 0. The Kier molecular flexibility index (Phi) is 5.12. The summed E-state index contributed by atoms with van der Waals surface area (Å²) < 4.78 is 5.49. The van der Waals surface area contributed by atoms with Gasteiger partial charge in [-0.25, -0.2) is 4.79 Å². The molecule has 5 rings (SSSR count). The number of pyridine rings is 1. The fourth-order valence-corrected chi connectivity index (χ4v) is 4.36. The minimum atomic E-state index is -0.234. The Balaban J connectivity index is 1.09. The number of carbonyl (C=O) groups excluding carboxylic acids is 2. The van der Waals surface area contributed by atoms with Gasteiger partial charge in [0.2, 0.25) is 0 Å². The molecule has 7 nitrogen and oxygen atoms in total. The van der Waals surface area contributed by atoms with Gasteiger partial charge in [-0.3, -0.25) is 9.78 Å². The van der Waals surface area contributed by atoms with Crippen molar-refractivity contribution in [3.63, 3.8) is 0 Å².